The van der Waals surface area contributed by atoms with Gasteiger partial charge in [-0.05, 0) is 19.6 Å². The van der Waals surface area contributed by atoms with Crippen molar-refractivity contribution in [3.63, 3.8) is 0 Å². The zero-order valence-electron chi connectivity index (χ0n) is 12.6. The van der Waals surface area contributed by atoms with Gasteiger partial charge in [0.05, 0.1) is 0 Å². The lowest BCUT2D eigenvalue weighted by Crippen LogP contribution is -2.41. The van der Waals surface area contributed by atoms with Gasteiger partial charge in [-0.25, -0.2) is 4.79 Å². The fraction of sp³-hybridized carbons (Fsp3) is 0.692. The second-order valence-corrected chi connectivity index (χ2v) is 5.82. The van der Waals surface area contributed by atoms with Gasteiger partial charge < -0.3 is 11.1 Å². The molecule has 1 atom stereocenters. The molecule has 114 valence electrons. The fourth-order valence-electron chi connectivity index (χ4n) is 1.99. The summed E-state index contributed by atoms with van der Waals surface area (Å²) in [6.45, 7) is 4.56. The van der Waals surface area contributed by atoms with Crippen molar-refractivity contribution in [2.45, 2.75) is 39.3 Å². The van der Waals surface area contributed by atoms with Crippen LogP contribution in [-0.4, -0.2) is 27.2 Å². The molecule has 1 aromatic heterocycles. The molecule has 1 rings (SSSR count). The molecule has 0 saturated carbocycles. The lowest BCUT2D eigenvalue weighted by molar-refractivity contribution is 0.575. The molecule has 1 unspecified atom stereocenters. The summed E-state index contributed by atoms with van der Waals surface area (Å²) in [4.78, 5) is 24.3. The Labute approximate surface area is 123 Å². The largest absolute Gasteiger partial charge is 0.383 e. The average molecular weight is 300 g/mol. The monoisotopic (exact) mass is 300 g/mol. The first-order chi connectivity index (χ1) is 9.43. The third-order valence-electron chi connectivity index (χ3n) is 3.13. The van der Waals surface area contributed by atoms with Crippen LogP contribution < -0.4 is 22.3 Å². The second kappa shape index (κ2) is 7.42. The van der Waals surface area contributed by atoms with Crippen LogP contribution >= 0.6 is 11.8 Å². The van der Waals surface area contributed by atoms with E-state index in [-0.39, 0.29) is 23.1 Å². The smallest absolute Gasteiger partial charge is 0.332 e. The number of nitrogens with two attached hydrogens (primary N) is 1. The summed E-state index contributed by atoms with van der Waals surface area (Å²) in [5, 5.41) is 3.13. The van der Waals surface area contributed by atoms with E-state index < -0.39 is 0 Å². The van der Waals surface area contributed by atoms with Crippen molar-refractivity contribution in [1.29, 1.82) is 0 Å². The van der Waals surface area contributed by atoms with E-state index in [9.17, 15) is 9.59 Å². The topological polar surface area (TPSA) is 82.0 Å². The zero-order chi connectivity index (χ0) is 15.3. The third kappa shape index (κ3) is 3.59. The highest BCUT2D eigenvalue weighted by atomic mass is 32.2. The maximum atomic E-state index is 12.2. The molecule has 0 fully saturated rings. The maximum absolute atomic E-state index is 12.2. The molecule has 0 spiro atoms. The number of rotatable bonds is 7. The van der Waals surface area contributed by atoms with Gasteiger partial charge >= 0.3 is 5.69 Å². The molecule has 0 aliphatic carbocycles. The van der Waals surface area contributed by atoms with E-state index in [1.54, 1.807) is 11.8 Å². The summed E-state index contributed by atoms with van der Waals surface area (Å²) in [5.74, 6) is 1.09. The number of nitrogen functional groups attached to an aromatic ring is 1. The number of aromatic nitrogens is 2. The van der Waals surface area contributed by atoms with Crippen molar-refractivity contribution in [2.75, 3.05) is 23.1 Å². The molecule has 0 aliphatic heterocycles. The first-order valence-electron chi connectivity index (χ1n) is 6.78. The van der Waals surface area contributed by atoms with E-state index in [0.717, 1.165) is 23.2 Å². The van der Waals surface area contributed by atoms with E-state index in [1.165, 1.54) is 11.6 Å². The minimum Gasteiger partial charge on any atom is -0.383 e. The van der Waals surface area contributed by atoms with Gasteiger partial charge in [0.25, 0.3) is 5.56 Å². The summed E-state index contributed by atoms with van der Waals surface area (Å²) >= 11 is 1.69. The van der Waals surface area contributed by atoms with Gasteiger partial charge in [-0.15, -0.1) is 0 Å². The van der Waals surface area contributed by atoms with Gasteiger partial charge in [-0.2, -0.15) is 11.8 Å². The van der Waals surface area contributed by atoms with E-state index in [2.05, 4.69) is 5.32 Å². The molecule has 6 nitrogen and oxygen atoms in total. The molecule has 0 aromatic carbocycles. The predicted molar refractivity (Wildman–Crippen MR) is 86.7 cm³/mol. The molecule has 7 heteroatoms. The Bertz CT molecular complexity index is 565. The van der Waals surface area contributed by atoms with Gasteiger partial charge in [-0.1, -0.05) is 13.3 Å². The second-order valence-electron chi connectivity index (χ2n) is 4.91. The highest BCUT2D eigenvalue weighted by Gasteiger charge is 2.16. The van der Waals surface area contributed by atoms with Crippen LogP contribution in [0.1, 0.15) is 26.7 Å². The molecule has 0 bridgehead atoms. The van der Waals surface area contributed by atoms with E-state index in [4.69, 9.17) is 5.73 Å². The molecule has 20 heavy (non-hydrogen) atoms. The summed E-state index contributed by atoms with van der Waals surface area (Å²) in [6.07, 6.45) is 3.81. The van der Waals surface area contributed by atoms with Gasteiger partial charge in [-0.3, -0.25) is 13.9 Å². The van der Waals surface area contributed by atoms with Crippen LogP contribution in [0.5, 0.6) is 0 Å². The molecule has 0 amide bonds. The number of nitrogens with zero attached hydrogens (tertiary/aromatic N) is 2. The minimum absolute atomic E-state index is 0.108. The highest BCUT2D eigenvalue weighted by molar-refractivity contribution is 7.98. The summed E-state index contributed by atoms with van der Waals surface area (Å²) in [6, 6.07) is 0.108. The standard InChI is InChI=1S/C13H24N4O2S/c1-5-6-7-17-11(14)10(15-9(2)8-20-4)12(18)16(3)13(17)19/h9,15H,5-8,14H2,1-4H3. The SMILES string of the molecule is CCCCn1c(N)c(NC(C)CSC)c(=O)n(C)c1=O. The molecule has 1 heterocycles. The normalized spacial score (nSPS) is 12.4. The highest BCUT2D eigenvalue weighted by Crippen LogP contribution is 2.14. The molecule has 3 N–H and O–H groups in total. The first-order valence-corrected chi connectivity index (χ1v) is 8.18. The number of unbranched alkanes of at least 4 members (excludes halogenated alkanes) is 1. The van der Waals surface area contributed by atoms with E-state index >= 15 is 0 Å². The van der Waals surface area contributed by atoms with Crippen LogP contribution in [0.2, 0.25) is 0 Å². The van der Waals surface area contributed by atoms with Gasteiger partial charge in [0.15, 0.2) is 0 Å². The number of hydrogen-bond acceptors (Lipinski definition) is 5. The van der Waals surface area contributed by atoms with Crippen LogP contribution in [-0.2, 0) is 13.6 Å². The van der Waals surface area contributed by atoms with Crippen LogP contribution in [0.4, 0.5) is 11.5 Å². The quantitative estimate of drug-likeness (QED) is 0.788. The molecular formula is C13H24N4O2S. The van der Waals surface area contributed by atoms with Gasteiger partial charge in [0.1, 0.15) is 11.5 Å². The van der Waals surface area contributed by atoms with Gasteiger partial charge in [0, 0.05) is 25.4 Å². The number of nitrogens with one attached hydrogen (secondary N) is 1. The van der Waals surface area contributed by atoms with E-state index in [0.29, 0.717) is 12.2 Å². The predicted octanol–water partition coefficient (Wildman–Crippen LogP) is 1.09. The maximum Gasteiger partial charge on any atom is 0.332 e. The van der Waals surface area contributed by atoms with Crippen molar-refractivity contribution >= 4 is 23.3 Å². The Morgan fingerprint density at radius 3 is 2.60 bits per heavy atom. The van der Waals surface area contributed by atoms with E-state index in [1.807, 2.05) is 20.1 Å². The van der Waals surface area contributed by atoms with Crippen molar-refractivity contribution in [3.8, 4) is 0 Å². The van der Waals surface area contributed by atoms with Crippen LogP contribution in [0, 0.1) is 0 Å². The number of thioether (sulfide) groups is 1. The van der Waals surface area contributed by atoms with Crippen LogP contribution in [0.25, 0.3) is 0 Å². The van der Waals surface area contributed by atoms with Gasteiger partial charge in [0.2, 0.25) is 0 Å². The third-order valence-corrected chi connectivity index (χ3v) is 3.96. The first kappa shape index (κ1) is 16.7. The molecule has 0 saturated heterocycles. The molecular weight excluding hydrogens is 276 g/mol. The lowest BCUT2D eigenvalue weighted by Gasteiger charge is -2.19. The number of hydrogen-bond donors (Lipinski definition) is 2. The Kier molecular flexibility index (Phi) is 6.19. The van der Waals surface area contributed by atoms with Crippen molar-refractivity contribution in [2.24, 2.45) is 7.05 Å². The Balaban J connectivity index is 3.26. The Morgan fingerprint density at radius 1 is 1.40 bits per heavy atom. The number of anilines is 2. The average Bonchev–Trinajstić information content (AvgIpc) is 2.42. The summed E-state index contributed by atoms with van der Waals surface area (Å²) in [5.41, 5.74) is 5.62. The molecule has 0 radical (unpaired) electrons. The lowest BCUT2D eigenvalue weighted by atomic mass is 10.3. The van der Waals surface area contributed by atoms with Crippen LogP contribution in [0.3, 0.4) is 0 Å². The van der Waals surface area contributed by atoms with Crippen LogP contribution in [0.15, 0.2) is 9.59 Å². The summed E-state index contributed by atoms with van der Waals surface area (Å²) in [7, 11) is 1.48. The minimum atomic E-state index is -0.367. The Morgan fingerprint density at radius 2 is 2.05 bits per heavy atom. The fourth-order valence-corrected chi connectivity index (χ4v) is 2.57. The molecule has 1 aromatic rings. The van der Waals surface area contributed by atoms with Crippen molar-refractivity contribution in [1.82, 2.24) is 9.13 Å². The van der Waals surface area contributed by atoms with Crippen molar-refractivity contribution < 1.29 is 0 Å². The zero-order valence-corrected chi connectivity index (χ0v) is 13.4. The Hall–Kier alpha value is -1.37. The summed E-state index contributed by atoms with van der Waals surface area (Å²) < 4.78 is 2.58. The molecule has 0 aliphatic rings. The van der Waals surface area contributed by atoms with Crippen molar-refractivity contribution in [3.05, 3.63) is 20.8 Å².